The Morgan fingerprint density at radius 2 is 2.19 bits per heavy atom. The Morgan fingerprint density at radius 1 is 1.37 bits per heavy atom. The summed E-state index contributed by atoms with van der Waals surface area (Å²) in [5.41, 5.74) is 5.43. The number of rotatable bonds is 4. The second kappa shape index (κ2) is 8.08. The van der Waals surface area contributed by atoms with Crippen LogP contribution in [0.25, 0.3) is 10.9 Å². The number of halogens is 2. The van der Waals surface area contributed by atoms with Gasteiger partial charge in [0.1, 0.15) is 18.8 Å². The van der Waals surface area contributed by atoms with Crippen LogP contribution in [0.5, 0.6) is 0 Å². The Kier molecular flexibility index (Phi) is 6.16. The highest BCUT2D eigenvalue weighted by Crippen LogP contribution is 2.43. The molecule has 2 aliphatic rings. The molecule has 146 valence electrons. The molecule has 0 aliphatic carbocycles. The SMILES string of the molecule is Br.CCC1(CCC(=O)OC)CCC[N+]2=C1c1[nH]c3ccc(Br)cc3c1CC2. The molecule has 1 aromatic heterocycles. The summed E-state index contributed by atoms with van der Waals surface area (Å²) in [6.45, 7) is 4.46. The molecular weight excluding hydrogens is 472 g/mol. The number of hydrogen-bond donors (Lipinski definition) is 1. The monoisotopic (exact) mass is 497 g/mol. The molecule has 1 N–H and O–H groups in total. The standard InChI is InChI=1S/C21H25BrN2O2.BrH/c1-3-21(10-7-18(25)26-2)9-4-11-24-12-8-15-16-13-14(22)5-6-17(16)23-19(15)20(21)24;/h5-6,13H,3-4,7-12H2,1-2H3;1H/p+1. The van der Waals surface area contributed by atoms with E-state index in [0.29, 0.717) is 6.42 Å². The van der Waals surface area contributed by atoms with Crippen LogP contribution in [0.4, 0.5) is 0 Å². The van der Waals surface area contributed by atoms with E-state index in [-0.39, 0.29) is 28.4 Å². The molecule has 1 aromatic carbocycles. The molecule has 27 heavy (non-hydrogen) atoms. The number of fused-ring (bicyclic) bond motifs is 4. The Balaban J connectivity index is 0.00000210. The average molecular weight is 499 g/mol. The number of esters is 1. The van der Waals surface area contributed by atoms with Crippen LogP contribution in [-0.2, 0) is 16.0 Å². The van der Waals surface area contributed by atoms with E-state index in [0.717, 1.165) is 43.2 Å². The third kappa shape index (κ3) is 3.51. The third-order valence-corrected chi connectivity index (χ3v) is 6.84. The molecule has 4 rings (SSSR count). The Morgan fingerprint density at radius 3 is 2.93 bits per heavy atom. The van der Waals surface area contributed by atoms with Gasteiger partial charge in [0, 0.05) is 34.6 Å². The van der Waals surface area contributed by atoms with E-state index in [1.165, 1.54) is 41.4 Å². The van der Waals surface area contributed by atoms with Crippen molar-refractivity contribution in [1.29, 1.82) is 0 Å². The zero-order valence-corrected chi connectivity index (χ0v) is 19.2. The van der Waals surface area contributed by atoms with Crippen LogP contribution in [-0.4, -0.2) is 41.4 Å². The van der Waals surface area contributed by atoms with E-state index < -0.39 is 0 Å². The summed E-state index contributed by atoms with van der Waals surface area (Å²) >= 11 is 3.62. The quantitative estimate of drug-likeness (QED) is 0.475. The number of ether oxygens (including phenoxy) is 1. The predicted octanol–water partition coefficient (Wildman–Crippen LogP) is 5.01. The number of hydrogen-bond acceptors (Lipinski definition) is 2. The number of carbonyl (C=O) groups excluding carboxylic acids is 1. The molecule has 1 unspecified atom stereocenters. The fraction of sp³-hybridized carbons (Fsp3) is 0.524. The van der Waals surface area contributed by atoms with Crippen molar-refractivity contribution in [2.75, 3.05) is 20.2 Å². The summed E-state index contributed by atoms with van der Waals surface area (Å²) in [7, 11) is 1.48. The maximum absolute atomic E-state index is 11.8. The molecular formula is C21H27Br2N2O2+. The topological polar surface area (TPSA) is 45.1 Å². The Labute approximate surface area is 179 Å². The van der Waals surface area contributed by atoms with Crippen LogP contribution in [0.1, 0.15) is 50.3 Å². The molecule has 0 saturated heterocycles. The number of benzene rings is 1. The summed E-state index contributed by atoms with van der Waals surface area (Å²) in [6.07, 6.45) is 5.81. The summed E-state index contributed by atoms with van der Waals surface area (Å²) in [5.74, 6) is -0.104. The van der Waals surface area contributed by atoms with Gasteiger partial charge in [-0.2, -0.15) is 0 Å². The van der Waals surface area contributed by atoms with E-state index in [1.807, 2.05) is 0 Å². The molecule has 0 spiro atoms. The first kappa shape index (κ1) is 20.6. The summed E-state index contributed by atoms with van der Waals surface area (Å²) in [4.78, 5) is 15.6. The van der Waals surface area contributed by atoms with Gasteiger partial charge in [-0.25, -0.2) is 4.58 Å². The summed E-state index contributed by atoms with van der Waals surface area (Å²) in [5, 5.41) is 1.32. The molecule has 2 aromatic rings. The zero-order chi connectivity index (χ0) is 18.3. The van der Waals surface area contributed by atoms with Crippen molar-refractivity contribution < 1.29 is 14.1 Å². The van der Waals surface area contributed by atoms with Crippen molar-refractivity contribution in [2.45, 2.75) is 45.4 Å². The Hall–Kier alpha value is -1.14. The maximum atomic E-state index is 11.8. The minimum Gasteiger partial charge on any atom is -0.469 e. The predicted molar refractivity (Wildman–Crippen MR) is 117 cm³/mol. The number of aromatic nitrogens is 1. The molecule has 0 saturated carbocycles. The number of nitrogens with one attached hydrogen (secondary N) is 1. The van der Waals surface area contributed by atoms with Gasteiger partial charge in [0.05, 0.1) is 12.5 Å². The van der Waals surface area contributed by atoms with Crippen LogP contribution < -0.4 is 0 Å². The van der Waals surface area contributed by atoms with Crippen LogP contribution in [0, 0.1) is 5.41 Å². The first-order valence-electron chi connectivity index (χ1n) is 9.57. The van der Waals surface area contributed by atoms with Crippen molar-refractivity contribution in [3.63, 3.8) is 0 Å². The number of aromatic amines is 1. The van der Waals surface area contributed by atoms with Crippen molar-refractivity contribution >= 4 is 55.5 Å². The highest BCUT2D eigenvalue weighted by atomic mass is 79.9. The first-order valence-corrected chi connectivity index (χ1v) is 10.4. The lowest BCUT2D eigenvalue weighted by atomic mass is 9.68. The fourth-order valence-corrected chi connectivity index (χ4v) is 5.32. The van der Waals surface area contributed by atoms with Gasteiger partial charge in [-0.3, -0.25) is 4.79 Å². The van der Waals surface area contributed by atoms with Gasteiger partial charge in [0.15, 0.2) is 0 Å². The highest BCUT2D eigenvalue weighted by Gasteiger charge is 2.47. The zero-order valence-electron chi connectivity index (χ0n) is 15.9. The van der Waals surface area contributed by atoms with Crippen molar-refractivity contribution in [3.05, 3.63) is 33.9 Å². The van der Waals surface area contributed by atoms with Crippen LogP contribution in [0.2, 0.25) is 0 Å². The lowest BCUT2D eigenvalue weighted by Gasteiger charge is -2.37. The van der Waals surface area contributed by atoms with Crippen molar-refractivity contribution in [3.8, 4) is 0 Å². The summed E-state index contributed by atoms with van der Waals surface area (Å²) < 4.78 is 8.61. The smallest absolute Gasteiger partial charge is 0.305 e. The largest absolute Gasteiger partial charge is 0.469 e. The minimum atomic E-state index is -0.104. The molecule has 0 radical (unpaired) electrons. The van der Waals surface area contributed by atoms with Crippen LogP contribution in [0.3, 0.4) is 0 Å². The van der Waals surface area contributed by atoms with E-state index >= 15 is 0 Å². The molecule has 0 fully saturated rings. The number of methoxy groups -OCH3 is 1. The number of H-pyrrole nitrogens is 1. The van der Waals surface area contributed by atoms with Gasteiger partial charge in [0.25, 0.3) is 0 Å². The van der Waals surface area contributed by atoms with Gasteiger partial charge in [-0.15, -0.1) is 17.0 Å². The van der Waals surface area contributed by atoms with E-state index in [4.69, 9.17) is 4.74 Å². The van der Waals surface area contributed by atoms with E-state index in [9.17, 15) is 4.79 Å². The molecule has 0 bridgehead atoms. The molecule has 1 atom stereocenters. The maximum Gasteiger partial charge on any atom is 0.305 e. The first-order chi connectivity index (χ1) is 12.6. The highest BCUT2D eigenvalue weighted by molar-refractivity contribution is 9.10. The van der Waals surface area contributed by atoms with E-state index in [2.05, 4.69) is 50.6 Å². The average Bonchev–Trinajstić information content (AvgIpc) is 3.03. The van der Waals surface area contributed by atoms with E-state index in [1.54, 1.807) is 0 Å². The van der Waals surface area contributed by atoms with Gasteiger partial charge in [-0.1, -0.05) is 22.9 Å². The molecule has 0 amide bonds. The third-order valence-electron chi connectivity index (χ3n) is 6.35. The molecule has 6 heteroatoms. The van der Waals surface area contributed by atoms with Crippen LogP contribution >= 0.6 is 32.9 Å². The van der Waals surface area contributed by atoms with Crippen molar-refractivity contribution in [2.24, 2.45) is 5.41 Å². The lowest BCUT2D eigenvalue weighted by molar-refractivity contribution is -0.538. The fourth-order valence-electron chi connectivity index (χ4n) is 4.96. The van der Waals surface area contributed by atoms with Gasteiger partial charge in [0.2, 0.25) is 5.71 Å². The minimum absolute atomic E-state index is 0. The Bertz CT molecular complexity index is 903. The second-order valence-electron chi connectivity index (χ2n) is 7.57. The van der Waals surface area contributed by atoms with Gasteiger partial charge < -0.3 is 9.72 Å². The molecule has 4 nitrogen and oxygen atoms in total. The number of nitrogens with zero attached hydrogens (tertiary/aromatic N) is 1. The lowest BCUT2D eigenvalue weighted by Crippen LogP contribution is -2.46. The van der Waals surface area contributed by atoms with Crippen LogP contribution in [0.15, 0.2) is 22.7 Å². The number of carbonyl (C=O) groups is 1. The van der Waals surface area contributed by atoms with Gasteiger partial charge in [-0.05, 0) is 43.0 Å². The second-order valence-corrected chi connectivity index (χ2v) is 8.48. The molecule has 2 aliphatic heterocycles. The summed E-state index contributed by atoms with van der Waals surface area (Å²) in [6, 6.07) is 6.48. The van der Waals surface area contributed by atoms with Crippen molar-refractivity contribution in [1.82, 2.24) is 4.98 Å². The van der Waals surface area contributed by atoms with Gasteiger partial charge >= 0.3 is 5.97 Å². The normalized spacial score (nSPS) is 21.4. The molecule has 3 heterocycles.